The van der Waals surface area contributed by atoms with Crippen LogP contribution in [0.3, 0.4) is 0 Å². The third kappa shape index (κ3) is 2.64. The number of rotatable bonds is 4. The standard InChI is InChI=1S/C13H19ClN2O2S2/c1-2-16(11-7-9-3-4-10(8-11)15-9)20(17,18)13-6-5-12(14)19-13/h5-6,9-11,15H,2-4,7-8H2,1H3. The highest BCUT2D eigenvalue weighted by molar-refractivity contribution is 7.91. The maximum Gasteiger partial charge on any atom is 0.252 e. The van der Waals surface area contributed by atoms with E-state index in [4.69, 9.17) is 11.6 Å². The van der Waals surface area contributed by atoms with E-state index in [0.29, 0.717) is 27.2 Å². The molecule has 0 aromatic carbocycles. The first-order valence-corrected chi connectivity index (χ1v) is 9.67. The molecule has 0 amide bonds. The second-order valence-corrected chi connectivity index (χ2v) is 9.36. The summed E-state index contributed by atoms with van der Waals surface area (Å²) in [5.41, 5.74) is 0. The number of nitrogens with zero attached hydrogens (tertiary/aromatic N) is 1. The van der Waals surface area contributed by atoms with E-state index in [1.807, 2.05) is 6.92 Å². The topological polar surface area (TPSA) is 49.4 Å². The van der Waals surface area contributed by atoms with Crippen molar-refractivity contribution in [2.24, 2.45) is 0 Å². The van der Waals surface area contributed by atoms with Gasteiger partial charge in [0, 0.05) is 24.7 Å². The molecule has 0 radical (unpaired) electrons. The van der Waals surface area contributed by atoms with Crippen LogP contribution in [0.5, 0.6) is 0 Å². The van der Waals surface area contributed by atoms with Crippen molar-refractivity contribution in [3.63, 3.8) is 0 Å². The highest BCUT2D eigenvalue weighted by Gasteiger charge is 2.40. The Morgan fingerprint density at radius 2 is 2.00 bits per heavy atom. The molecular formula is C13H19ClN2O2S2. The zero-order valence-electron chi connectivity index (χ0n) is 11.4. The van der Waals surface area contributed by atoms with Crippen LogP contribution in [0.1, 0.15) is 32.6 Å². The summed E-state index contributed by atoms with van der Waals surface area (Å²) in [6.07, 6.45) is 4.18. The van der Waals surface area contributed by atoms with Gasteiger partial charge in [0.05, 0.1) is 4.34 Å². The lowest BCUT2D eigenvalue weighted by molar-refractivity contribution is 0.232. The van der Waals surface area contributed by atoms with Gasteiger partial charge < -0.3 is 5.32 Å². The van der Waals surface area contributed by atoms with E-state index in [1.54, 1.807) is 16.4 Å². The molecule has 3 heterocycles. The van der Waals surface area contributed by atoms with Crippen molar-refractivity contribution in [2.45, 2.75) is 54.9 Å². The highest BCUT2D eigenvalue weighted by atomic mass is 35.5. The second-order valence-electron chi connectivity index (χ2n) is 5.53. The summed E-state index contributed by atoms with van der Waals surface area (Å²) in [5.74, 6) is 0. The normalized spacial score (nSPS) is 30.1. The van der Waals surface area contributed by atoms with Crippen molar-refractivity contribution in [2.75, 3.05) is 6.54 Å². The first kappa shape index (κ1) is 14.8. The number of nitrogens with one attached hydrogen (secondary N) is 1. The zero-order chi connectivity index (χ0) is 14.3. The molecule has 7 heteroatoms. The Morgan fingerprint density at radius 1 is 1.35 bits per heavy atom. The minimum atomic E-state index is -3.41. The molecule has 112 valence electrons. The number of piperidine rings is 1. The van der Waals surface area contributed by atoms with Crippen LogP contribution in [0.4, 0.5) is 0 Å². The number of fused-ring (bicyclic) bond motifs is 2. The lowest BCUT2D eigenvalue weighted by Crippen LogP contribution is -2.49. The first-order chi connectivity index (χ1) is 9.50. The lowest BCUT2D eigenvalue weighted by atomic mass is 10.00. The molecule has 2 fully saturated rings. The predicted octanol–water partition coefficient (Wildman–Crippen LogP) is 2.70. The van der Waals surface area contributed by atoms with E-state index < -0.39 is 10.0 Å². The smallest absolute Gasteiger partial charge is 0.252 e. The Bertz CT molecular complexity index is 575. The molecule has 1 aromatic rings. The molecule has 2 aliphatic heterocycles. The number of halogens is 1. The molecule has 3 rings (SSSR count). The van der Waals surface area contributed by atoms with Gasteiger partial charge in [-0.2, -0.15) is 4.31 Å². The van der Waals surface area contributed by atoms with Gasteiger partial charge in [-0.05, 0) is 37.8 Å². The molecule has 0 saturated carbocycles. The fraction of sp³-hybridized carbons (Fsp3) is 0.692. The molecule has 0 spiro atoms. The summed E-state index contributed by atoms with van der Waals surface area (Å²) in [6.45, 7) is 2.43. The van der Waals surface area contributed by atoms with Crippen molar-refractivity contribution >= 4 is 33.0 Å². The number of hydrogen-bond donors (Lipinski definition) is 1. The largest absolute Gasteiger partial charge is 0.311 e. The number of sulfonamides is 1. The van der Waals surface area contributed by atoms with Crippen LogP contribution in [0.2, 0.25) is 4.34 Å². The van der Waals surface area contributed by atoms with E-state index in [1.165, 1.54) is 12.8 Å². The fourth-order valence-corrected chi connectivity index (χ4v) is 6.71. The summed E-state index contributed by atoms with van der Waals surface area (Å²) in [6, 6.07) is 4.34. The summed E-state index contributed by atoms with van der Waals surface area (Å²) in [5, 5.41) is 3.55. The van der Waals surface area contributed by atoms with Crippen molar-refractivity contribution in [1.82, 2.24) is 9.62 Å². The maximum atomic E-state index is 12.8. The Labute approximate surface area is 129 Å². The molecule has 1 aromatic heterocycles. The van der Waals surface area contributed by atoms with Crippen LogP contribution in [0.15, 0.2) is 16.3 Å². The van der Waals surface area contributed by atoms with Gasteiger partial charge in [0.2, 0.25) is 0 Å². The van der Waals surface area contributed by atoms with Crippen molar-refractivity contribution in [1.29, 1.82) is 0 Å². The SMILES string of the molecule is CCN(C1CC2CCC(C1)N2)S(=O)(=O)c1ccc(Cl)s1. The molecule has 20 heavy (non-hydrogen) atoms. The van der Waals surface area contributed by atoms with Gasteiger partial charge in [0.25, 0.3) is 10.0 Å². The Kier molecular flexibility index (Phi) is 4.12. The number of hydrogen-bond acceptors (Lipinski definition) is 4. The van der Waals surface area contributed by atoms with Crippen LogP contribution in [0, 0.1) is 0 Å². The van der Waals surface area contributed by atoms with Crippen LogP contribution in [-0.2, 0) is 10.0 Å². The first-order valence-electron chi connectivity index (χ1n) is 7.04. The third-order valence-corrected chi connectivity index (χ3v) is 8.00. The zero-order valence-corrected chi connectivity index (χ0v) is 13.8. The monoisotopic (exact) mass is 334 g/mol. The van der Waals surface area contributed by atoms with Gasteiger partial charge in [0.15, 0.2) is 0 Å². The van der Waals surface area contributed by atoms with Crippen molar-refractivity contribution < 1.29 is 8.42 Å². The lowest BCUT2D eigenvalue weighted by Gasteiger charge is -2.36. The Hall–Kier alpha value is -0.140. The molecule has 2 saturated heterocycles. The van der Waals surface area contributed by atoms with Crippen LogP contribution in [0.25, 0.3) is 0 Å². The van der Waals surface area contributed by atoms with E-state index >= 15 is 0 Å². The van der Waals surface area contributed by atoms with Gasteiger partial charge in [-0.15, -0.1) is 11.3 Å². The van der Waals surface area contributed by atoms with Crippen molar-refractivity contribution in [3.05, 3.63) is 16.5 Å². The average Bonchev–Trinajstić information content (AvgIpc) is 2.97. The third-order valence-electron chi connectivity index (χ3n) is 4.28. The molecular weight excluding hydrogens is 316 g/mol. The maximum absolute atomic E-state index is 12.8. The average molecular weight is 335 g/mol. The van der Waals surface area contributed by atoms with Gasteiger partial charge in [-0.25, -0.2) is 8.42 Å². The van der Waals surface area contributed by atoms with Gasteiger partial charge >= 0.3 is 0 Å². The Balaban J connectivity index is 1.86. The minimum absolute atomic E-state index is 0.115. The van der Waals surface area contributed by atoms with E-state index in [9.17, 15) is 8.42 Å². The van der Waals surface area contributed by atoms with Crippen LogP contribution in [-0.4, -0.2) is 37.4 Å². The molecule has 0 aliphatic carbocycles. The van der Waals surface area contributed by atoms with Gasteiger partial charge in [0.1, 0.15) is 4.21 Å². The van der Waals surface area contributed by atoms with E-state index in [2.05, 4.69) is 5.32 Å². The molecule has 2 aliphatic rings. The van der Waals surface area contributed by atoms with Crippen LogP contribution < -0.4 is 5.32 Å². The van der Waals surface area contributed by atoms with Crippen molar-refractivity contribution in [3.8, 4) is 0 Å². The molecule has 2 atom stereocenters. The molecule has 4 nitrogen and oxygen atoms in total. The predicted molar refractivity (Wildman–Crippen MR) is 81.9 cm³/mol. The summed E-state index contributed by atoms with van der Waals surface area (Å²) < 4.78 is 28.1. The van der Waals surface area contributed by atoms with Crippen LogP contribution >= 0.6 is 22.9 Å². The van der Waals surface area contributed by atoms with E-state index in [0.717, 1.165) is 24.2 Å². The second kappa shape index (κ2) is 5.57. The summed E-state index contributed by atoms with van der Waals surface area (Å²) in [7, 11) is -3.41. The molecule has 2 unspecified atom stereocenters. The Morgan fingerprint density at radius 3 is 2.50 bits per heavy atom. The highest BCUT2D eigenvalue weighted by Crippen LogP contribution is 2.34. The fourth-order valence-electron chi connectivity index (χ4n) is 3.44. The molecule has 2 bridgehead atoms. The van der Waals surface area contributed by atoms with E-state index in [-0.39, 0.29) is 6.04 Å². The summed E-state index contributed by atoms with van der Waals surface area (Å²) in [4.78, 5) is 0. The van der Waals surface area contributed by atoms with Gasteiger partial charge in [-0.1, -0.05) is 18.5 Å². The minimum Gasteiger partial charge on any atom is -0.311 e. The quantitative estimate of drug-likeness (QED) is 0.921. The number of thiophene rings is 1. The molecule has 1 N–H and O–H groups in total. The summed E-state index contributed by atoms with van der Waals surface area (Å²) >= 11 is 7.02. The van der Waals surface area contributed by atoms with Gasteiger partial charge in [-0.3, -0.25) is 0 Å².